The number of benzene rings is 2. The molecule has 102 valence electrons. The zero-order chi connectivity index (χ0) is 14.9. The van der Waals surface area contributed by atoms with Crippen molar-refractivity contribution in [2.45, 2.75) is 20.8 Å². The summed E-state index contributed by atoms with van der Waals surface area (Å²) in [5, 5.41) is 8.87. The van der Waals surface area contributed by atoms with Gasteiger partial charge in [-0.25, -0.2) is 4.79 Å². The molecule has 2 aromatic carbocycles. The van der Waals surface area contributed by atoms with Crippen LogP contribution < -0.4 is 0 Å². The van der Waals surface area contributed by atoms with Crippen LogP contribution >= 0.6 is 0 Å². The minimum atomic E-state index is -0.994. The van der Waals surface area contributed by atoms with Crippen LogP contribution in [0.3, 0.4) is 0 Å². The lowest BCUT2D eigenvalue weighted by Gasteiger charge is -2.10. The van der Waals surface area contributed by atoms with Crippen LogP contribution in [0.5, 0.6) is 0 Å². The molecule has 3 heteroatoms. The fourth-order valence-corrected chi connectivity index (χ4v) is 2.45. The van der Waals surface area contributed by atoms with Gasteiger partial charge < -0.3 is 5.11 Å². The van der Waals surface area contributed by atoms with Crippen LogP contribution in [-0.4, -0.2) is 16.9 Å². The summed E-state index contributed by atoms with van der Waals surface area (Å²) >= 11 is 0. The highest BCUT2D eigenvalue weighted by Gasteiger charge is 2.15. The summed E-state index contributed by atoms with van der Waals surface area (Å²) in [7, 11) is 0. The highest BCUT2D eigenvalue weighted by molar-refractivity contribution is 6.11. The fraction of sp³-hybridized carbons (Fsp3) is 0.176. The lowest BCUT2D eigenvalue weighted by molar-refractivity contribution is 0.0696. The monoisotopic (exact) mass is 268 g/mol. The summed E-state index contributed by atoms with van der Waals surface area (Å²) in [5.74, 6) is -1.07. The van der Waals surface area contributed by atoms with Crippen LogP contribution in [0.25, 0.3) is 0 Å². The van der Waals surface area contributed by atoms with Gasteiger partial charge in [0.2, 0.25) is 0 Å². The van der Waals surface area contributed by atoms with Crippen molar-refractivity contribution in [2.24, 2.45) is 0 Å². The topological polar surface area (TPSA) is 54.4 Å². The van der Waals surface area contributed by atoms with Crippen LogP contribution in [0, 0.1) is 20.8 Å². The SMILES string of the molecule is Cc1cc(C)c(C(=O)c2ccc(C(=O)O)cc2)c(C)c1. The summed E-state index contributed by atoms with van der Waals surface area (Å²) in [4.78, 5) is 23.3. The summed E-state index contributed by atoms with van der Waals surface area (Å²) in [5.41, 5.74) is 4.38. The van der Waals surface area contributed by atoms with Crippen molar-refractivity contribution in [1.82, 2.24) is 0 Å². The quantitative estimate of drug-likeness (QED) is 0.866. The highest BCUT2D eigenvalue weighted by Crippen LogP contribution is 2.20. The van der Waals surface area contributed by atoms with Gasteiger partial charge in [0, 0.05) is 11.1 Å². The van der Waals surface area contributed by atoms with Gasteiger partial charge in [-0.1, -0.05) is 29.8 Å². The Balaban J connectivity index is 2.44. The Kier molecular flexibility index (Phi) is 3.70. The zero-order valence-corrected chi connectivity index (χ0v) is 11.7. The number of ketones is 1. The maximum Gasteiger partial charge on any atom is 0.335 e. The van der Waals surface area contributed by atoms with E-state index in [4.69, 9.17) is 5.11 Å². The number of rotatable bonds is 3. The van der Waals surface area contributed by atoms with Gasteiger partial charge in [-0.15, -0.1) is 0 Å². The molecule has 0 saturated carbocycles. The molecule has 0 fully saturated rings. The second-order valence-corrected chi connectivity index (χ2v) is 4.99. The number of carbonyl (C=O) groups excluding carboxylic acids is 1. The maximum absolute atomic E-state index is 12.5. The molecule has 0 atom stereocenters. The maximum atomic E-state index is 12.5. The molecule has 3 nitrogen and oxygen atoms in total. The Morgan fingerprint density at radius 1 is 0.850 bits per heavy atom. The van der Waals surface area contributed by atoms with Crippen molar-refractivity contribution in [1.29, 1.82) is 0 Å². The molecule has 0 aliphatic heterocycles. The number of hydrogen-bond donors (Lipinski definition) is 1. The minimum absolute atomic E-state index is 0.0723. The first-order chi connectivity index (χ1) is 9.40. The Bertz CT molecular complexity index is 659. The van der Waals surface area contributed by atoms with Crippen molar-refractivity contribution in [3.05, 3.63) is 69.8 Å². The van der Waals surface area contributed by atoms with Gasteiger partial charge in [0.25, 0.3) is 0 Å². The van der Waals surface area contributed by atoms with Gasteiger partial charge in [0.05, 0.1) is 5.56 Å². The lowest BCUT2D eigenvalue weighted by Crippen LogP contribution is -2.07. The standard InChI is InChI=1S/C17H16O3/c1-10-8-11(2)15(12(3)9-10)16(18)13-4-6-14(7-5-13)17(19)20/h4-9H,1-3H3,(H,19,20). The lowest BCUT2D eigenvalue weighted by atomic mass is 9.93. The molecule has 0 radical (unpaired) electrons. The average molecular weight is 268 g/mol. The third-order valence-corrected chi connectivity index (χ3v) is 3.30. The Morgan fingerprint density at radius 3 is 1.75 bits per heavy atom. The van der Waals surface area contributed by atoms with Gasteiger partial charge >= 0.3 is 5.97 Å². The summed E-state index contributed by atoms with van der Waals surface area (Å²) in [6.07, 6.45) is 0. The van der Waals surface area contributed by atoms with E-state index in [9.17, 15) is 9.59 Å². The van der Waals surface area contributed by atoms with Crippen molar-refractivity contribution in [3.63, 3.8) is 0 Å². The van der Waals surface area contributed by atoms with Crippen LogP contribution in [-0.2, 0) is 0 Å². The van der Waals surface area contributed by atoms with Crippen molar-refractivity contribution in [3.8, 4) is 0 Å². The van der Waals surface area contributed by atoms with E-state index in [1.54, 1.807) is 12.1 Å². The molecule has 2 rings (SSSR count). The number of carboxylic acids is 1. The minimum Gasteiger partial charge on any atom is -0.478 e. The number of aromatic carboxylic acids is 1. The Morgan fingerprint density at radius 2 is 1.30 bits per heavy atom. The largest absolute Gasteiger partial charge is 0.478 e. The van der Waals surface area contributed by atoms with E-state index in [-0.39, 0.29) is 11.3 Å². The molecule has 20 heavy (non-hydrogen) atoms. The highest BCUT2D eigenvalue weighted by atomic mass is 16.4. The normalized spacial score (nSPS) is 10.3. The number of carboxylic acid groups (broad SMARTS) is 1. The molecule has 0 aromatic heterocycles. The number of hydrogen-bond acceptors (Lipinski definition) is 2. The molecular formula is C17H16O3. The van der Waals surface area contributed by atoms with Gasteiger partial charge in [-0.3, -0.25) is 4.79 Å². The van der Waals surface area contributed by atoms with Crippen LogP contribution in [0.2, 0.25) is 0 Å². The zero-order valence-electron chi connectivity index (χ0n) is 11.7. The molecule has 0 unspecified atom stereocenters. The van der Waals surface area contributed by atoms with E-state index < -0.39 is 5.97 Å². The summed E-state index contributed by atoms with van der Waals surface area (Å²) in [6.45, 7) is 5.83. The van der Waals surface area contributed by atoms with E-state index in [0.717, 1.165) is 16.7 Å². The van der Waals surface area contributed by atoms with Crippen LogP contribution in [0.15, 0.2) is 36.4 Å². The van der Waals surface area contributed by atoms with E-state index in [1.807, 2.05) is 32.9 Å². The second-order valence-electron chi connectivity index (χ2n) is 4.99. The molecule has 0 spiro atoms. The molecule has 0 aliphatic carbocycles. The van der Waals surface area contributed by atoms with E-state index in [1.165, 1.54) is 12.1 Å². The van der Waals surface area contributed by atoms with E-state index in [0.29, 0.717) is 11.1 Å². The third kappa shape index (κ3) is 2.62. The van der Waals surface area contributed by atoms with Crippen LogP contribution in [0.4, 0.5) is 0 Å². The summed E-state index contributed by atoms with van der Waals surface area (Å²) < 4.78 is 0. The summed E-state index contributed by atoms with van der Waals surface area (Å²) in [6, 6.07) is 9.98. The van der Waals surface area contributed by atoms with Crippen molar-refractivity contribution in [2.75, 3.05) is 0 Å². The molecule has 0 aliphatic rings. The molecule has 0 amide bonds. The molecular weight excluding hydrogens is 252 g/mol. The molecule has 1 N–H and O–H groups in total. The molecule has 0 bridgehead atoms. The Hall–Kier alpha value is -2.42. The van der Waals surface area contributed by atoms with Gasteiger partial charge in [0.15, 0.2) is 5.78 Å². The van der Waals surface area contributed by atoms with Crippen LogP contribution in [0.1, 0.15) is 43.0 Å². The third-order valence-electron chi connectivity index (χ3n) is 3.30. The van der Waals surface area contributed by atoms with Crippen molar-refractivity contribution < 1.29 is 14.7 Å². The smallest absolute Gasteiger partial charge is 0.335 e. The first kappa shape index (κ1) is 14.0. The first-order valence-electron chi connectivity index (χ1n) is 6.36. The number of carbonyl (C=O) groups is 2. The number of aryl methyl sites for hydroxylation is 3. The fourth-order valence-electron chi connectivity index (χ4n) is 2.45. The second kappa shape index (κ2) is 5.29. The van der Waals surface area contributed by atoms with Gasteiger partial charge in [-0.05, 0) is 44.0 Å². The Labute approximate surface area is 117 Å². The molecule has 0 heterocycles. The molecule has 2 aromatic rings. The first-order valence-corrected chi connectivity index (χ1v) is 6.36. The average Bonchev–Trinajstić information content (AvgIpc) is 2.37. The predicted molar refractivity (Wildman–Crippen MR) is 77.5 cm³/mol. The van der Waals surface area contributed by atoms with Crippen molar-refractivity contribution >= 4 is 11.8 Å². The van der Waals surface area contributed by atoms with Gasteiger partial charge in [0.1, 0.15) is 0 Å². The van der Waals surface area contributed by atoms with E-state index in [2.05, 4.69) is 0 Å². The van der Waals surface area contributed by atoms with Gasteiger partial charge in [-0.2, -0.15) is 0 Å². The molecule has 0 saturated heterocycles. The predicted octanol–water partition coefficient (Wildman–Crippen LogP) is 3.54. The van der Waals surface area contributed by atoms with E-state index >= 15 is 0 Å².